The molecular weight excluding hydrogens is 286 g/mol. The lowest BCUT2D eigenvalue weighted by atomic mass is 10.0. The Morgan fingerprint density at radius 1 is 1.23 bits per heavy atom. The zero-order valence-corrected chi connectivity index (χ0v) is 13.0. The lowest BCUT2D eigenvalue weighted by Crippen LogP contribution is -2.68. The summed E-state index contributed by atoms with van der Waals surface area (Å²) in [4.78, 5) is 40.3. The number of urea groups is 1. The van der Waals surface area contributed by atoms with Gasteiger partial charge < -0.3 is 25.8 Å². The van der Waals surface area contributed by atoms with Crippen LogP contribution in [0.2, 0.25) is 0 Å². The summed E-state index contributed by atoms with van der Waals surface area (Å²) in [5.41, 5.74) is 0. The third kappa shape index (κ3) is 2.63. The molecule has 0 saturated carbocycles. The Hall–Kier alpha value is -1.83. The van der Waals surface area contributed by atoms with Crippen LogP contribution in [-0.2, 0) is 9.59 Å². The molecule has 3 aliphatic heterocycles. The maximum Gasteiger partial charge on any atom is 0.315 e. The molecule has 3 aliphatic rings. The molecule has 3 atom stereocenters. The van der Waals surface area contributed by atoms with Crippen LogP contribution in [0.25, 0.3) is 0 Å². The molecule has 0 aromatic heterocycles. The summed E-state index contributed by atoms with van der Waals surface area (Å²) in [6, 6.07) is -1.19. The van der Waals surface area contributed by atoms with Gasteiger partial charge in [-0.3, -0.25) is 9.59 Å². The summed E-state index contributed by atoms with van der Waals surface area (Å²) in [7, 11) is 0. The van der Waals surface area contributed by atoms with Gasteiger partial charge in [-0.2, -0.15) is 0 Å². The van der Waals surface area contributed by atoms with E-state index in [0.717, 1.165) is 6.54 Å². The maximum absolute atomic E-state index is 12.6. The number of fused-ring (bicyclic) bond motifs is 2. The monoisotopic (exact) mass is 309 g/mol. The summed E-state index contributed by atoms with van der Waals surface area (Å²) >= 11 is 0. The fourth-order valence-corrected chi connectivity index (χ4v) is 3.48. The summed E-state index contributed by atoms with van der Waals surface area (Å²) < 4.78 is 0. The van der Waals surface area contributed by atoms with Crippen LogP contribution in [0.15, 0.2) is 0 Å². The quantitative estimate of drug-likeness (QED) is 0.577. The van der Waals surface area contributed by atoms with Gasteiger partial charge in [-0.25, -0.2) is 4.79 Å². The fourth-order valence-electron chi connectivity index (χ4n) is 3.48. The minimum atomic E-state index is -0.425. The van der Waals surface area contributed by atoms with Gasteiger partial charge >= 0.3 is 6.03 Å². The molecule has 8 nitrogen and oxygen atoms in total. The SMILES string of the molecule is CC(C)NC(=O)NC1CC2C(=O)N3CCNCC3C(=O)N2C1. The Morgan fingerprint density at radius 2 is 1.95 bits per heavy atom. The van der Waals surface area contributed by atoms with Crippen LogP contribution in [-0.4, -0.2) is 78.0 Å². The first-order chi connectivity index (χ1) is 10.5. The van der Waals surface area contributed by atoms with Crippen LogP contribution in [0.5, 0.6) is 0 Å². The number of carbonyl (C=O) groups excluding carboxylic acids is 3. The average molecular weight is 309 g/mol. The molecule has 3 rings (SSSR count). The zero-order valence-electron chi connectivity index (χ0n) is 13.0. The molecular formula is C14H23N5O3. The van der Waals surface area contributed by atoms with Crippen LogP contribution in [0.3, 0.4) is 0 Å². The fraction of sp³-hybridized carbons (Fsp3) is 0.786. The van der Waals surface area contributed by atoms with Gasteiger partial charge in [0.1, 0.15) is 12.1 Å². The summed E-state index contributed by atoms with van der Waals surface area (Å²) in [5.74, 6) is 0.00466. The first kappa shape index (κ1) is 15.1. The zero-order chi connectivity index (χ0) is 15.9. The van der Waals surface area contributed by atoms with Gasteiger partial charge in [0.2, 0.25) is 11.8 Å². The molecule has 122 valence electrons. The second-order valence-electron chi connectivity index (χ2n) is 6.46. The highest BCUT2D eigenvalue weighted by molar-refractivity contribution is 5.98. The van der Waals surface area contributed by atoms with E-state index in [1.54, 1.807) is 9.80 Å². The van der Waals surface area contributed by atoms with Crippen molar-refractivity contribution in [1.82, 2.24) is 25.8 Å². The van der Waals surface area contributed by atoms with Crippen LogP contribution < -0.4 is 16.0 Å². The molecule has 3 fully saturated rings. The Bertz CT molecular complexity index is 463. The highest BCUT2D eigenvalue weighted by Crippen LogP contribution is 2.27. The van der Waals surface area contributed by atoms with Crippen LogP contribution in [0.1, 0.15) is 20.3 Å². The number of nitrogens with one attached hydrogen (secondary N) is 3. The number of hydrogen-bond acceptors (Lipinski definition) is 4. The van der Waals surface area contributed by atoms with E-state index in [9.17, 15) is 14.4 Å². The van der Waals surface area contributed by atoms with Gasteiger partial charge in [0.15, 0.2) is 0 Å². The molecule has 3 heterocycles. The molecule has 0 aromatic rings. The smallest absolute Gasteiger partial charge is 0.315 e. The van der Waals surface area contributed by atoms with E-state index in [1.165, 1.54) is 0 Å². The third-order valence-corrected chi connectivity index (χ3v) is 4.44. The van der Waals surface area contributed by atoms with Gasteiger partial charge in [-0.1, -0.05) is 0 Å². The van der Waals surface area contributed by atoms with Crippen molar-refractivity contribution in [2.24, 2.45) is 0 Å². The second-order valence-corrected chi connectivity index (χ2v) is 6.46. The highest BCUT2D eigenvalue weighted by atomic mass is 16.2. The first-order valence-electron chi connectivity index (χ1n) is 7.86. The van der Waals surface area contributed by atoms with E-state index in [2.05, 4.69) is 16.0 Å². The molecule has 3 N–H and O–H groups in total. The topological polar surface area (TPSA) is 93.8 Å². The summed E-state index contributed by atoms with van der Waals surface area (Å²) in [6.45, 7) is 5.99. The van der Waals surface area contributed by atoms with Gasteiger partial charge in [0.25, 0.3) is 0 Å². The van der Waals surface area contributed by atoms with E-state index < -0.39 is 6.04 Å². The first-order valence-corrected chi connectivity index (χ1v) is 7.86. The lowest BCUT2D eigenvalue weighted by molar-refractivity contribution is -0.160. The Kier molecular flexibility index (Phi) is 3.94. The van der Waals surface area contributed by atoms with E-state index in [0.29, 0.717) is 26.1 Å². The van der Waals surface area contributed by atoms with Gasteiger partial charge in [-0.15, -0.1) is 0 Å². The number of piperazine rings is 2. The molecule has 3 unspecified atom stereocenters. The number of rotatable bonds is 2. The van der Waals surface area contributed by atoms with E-state index in [-0.39, 0.29) is 36.0 Å². The molecule has 8 heteroatoms. The van der Waals surface area contributed by atoms with Crippen molar-refractivity contribution in [2.45, 2.75) is 44.4 Å². The average Bonchev–Trinajstić information content (AvgIpc) is 2.88. The van der Waals surface area contributed by atoms with Crippen LogP contribution in [0, 0.1) is 0 Å². The normalized spacial score (nSPS) is 31.1. The van der Waals surface area contributed by atoms with E-state index in [1.807, 2.05) is 13.8 Å². The second kappa shape index (κ2) is 5.75. The Balaban J connectivity index is 1.67. The van der Waals surface area contributed by atoms with Gasteiger partial charge in [-0.05, 0) is 20.3 Å². The molecule has 3 saturated heterocycles. The standard InChI is InChI=1S/C14H23N5O3/c1-8(2)16-14(22)17-9-5-10-12(20)18-4-3-15-6-11(18)13(21)19(10)7-9/h8-11,15H,3-7H2,1-2H3,(H2,16,17,22). The molecule has 4 amide bonds. The van der Waals surface area contributed by atoms with Gasteiger partial charge in [0, 0.05) is 32.2 Å². The predicted octanol–water partition coefficient (Wildman–Crippen LogP) is -1.52. The molecule has 0 spiro atoms. The third-order valence-electron chi connectivity index (χ3n) is 4.44. The predicted molar refractivity (Wildman–Crippen MR) is 79.1 cm³/mol. The van der Waals surface area contributed by atoms with Crippen LogP contribution in [0.4, 0.5) is 4.79 Å². The highest BCUT2D eigenvalue weighted by Gasteiger charge is 2.50. The molecule has 0 bridgehead atoms. The minimum absolute atomic E-state index is 0.00892. The maximum atomic E-state index is 12.6. The van der Waals surface area contributed by atoms with Crippen LogP contribution >= 0.6 is 0 Å². The van der Waals surface area contributed by atoms with Gasteiger partial charge in [0.05, 0.1) is 6.04 Å². The van der Waals surface area contributed by atoms with Crippen molar-refractivity contribution in [2.75, 3.05) is 26.2 Å². The van der Waals surface area contributed by atoms with Crippen molar-refractivity contribution in [3.05, 3.63) is 0 Å². The largest absolute Gasteiger partial charge is 0.336 e. The molecule has 22 heavy (non-hydrogen) atoms. The number of carbonyl (C=O) groups is 3. The van der Waals surface area contributed by atoms with Crippen molar-refractivity contribution in [3.63, 3.8) is 0 Å². The van der Waals surface area contributed by atoms with Crippen molar-refractivity contribution in [1.29, 1.82) is 0 Å². The molecule has 0 aliphatic carbocycles. The molecule has 0 radical (unpaired) electrons. The summed E-state index contributed by atoms with van der Waals surface area (Å²) in [6.07, 6.45) is 0.493. The number of nitrogens with zero attached hydrogens (tertiary/aromatic N) is 2. The van der Waals surface area contributed by atoms with Crippen molar-refractivity contribution in [3.8, 4) is 0 Å². The molecule has 0 aromatic carbocycles. The van der Waals surface area contributed by atoms with Crippen molar-refractivity contribution < 1.29 is 14.4 Å². The van der Waals surface area contributed by atoms with Crippen molar-refractivity contribution >= 4 is 17.8 Å². The minimum Gasteiger partial charge on any atom is -0.336 e. The summed E-state index contributed by atoms with van der Waals surface area (Å²) in [5, 5.41) is 8.78. The number of hydrogen-bond donors (Lipinski definition) is 3. The Labute approximate surface area is 129 Å². The Morgan fingerprint density at radius 3 is 2.68 bits per heavy atom. The van der Waals surface area contributed by atoms with E-state index in [4.69, 9.17) is 0 Å². The lowest BCUT2D eigenvalue weighted by Gasteiger charge is -2.44. The number of amides is 4. The van der Waals surface area contributed by atoms with E-state index >= 15 is 0 Å².